The lowest BCUT2D eigenvalue weighted by Gasteiger charge is -2.16. The maximum absolute atomic E-state index is 11.2. The van der Waals surface area contributed by atoms with E-state index in [2.05, 4.69) is 0 Å². The van der Waals surface area contributed by atoms with Gasteiger partial charge in [0.1, 0.15) is 0 Å². The first-order valence-corrected chi connectivity index (χ1v) is 5.63. The molecule has 1 aromatic carbocycles. The van der Waals surface area contributed by atoms with Gasteiger partial charge in [0.25, 0.3) is 0 Å². The average molecular weight is 240 g/mol. The summed E-state index contributed by atoms with van der Waals surface area (Å²) in [6.07, 6.45) is 0. The molecule has 1 saturated heterocycles. The fraction of sp³-hybridized carbons (Fsp3) is 0.417. The van der Waals surface area contributed by atoms with E-state index >= 15 is 0 Å². The zero-order valence-electron chi connectivity index (χ0n) is 9.06. The topological polar surface area (TPSA) is 40.5 Å². The van der Waals surface area contributed by atoms with Crippen molar-refractivity contribution in [1.29, 1.82) is 0 Å². The third kappa shape index (κ3) is 2.06. The van der Waals surface area contributed by atoms with Crippen LogP contribution in [-0.2, 0) is 4.79 Å². The van der Waals surface area contributed by atoms with Crippen molar-refractivity contribution in [2.45, 2.75) is 5.92 Å². The number of hydrogen-bond donors (Lipinski definition) is 1. The Balaban J connectivity index is 2.33. The van der Waals surface area contributed by atoms with Crippen molar-refractivity contribution in [3.8, 4) is 0 Å². The number of aliphatic carboxylic acids is 1. The first-order valence-electron chi connectivity index (χ1n) is 5.25. The smallest absolute Gasteiger partial charge is 0.308 e. The Morgan fingerprint density at radius 3 is 2.75 bits per heavy atom. The van der Waals surface area contributed by atoms with E-state index in [1.54, 1.807) is 0 Å². The molecule has 0 aromatic heterocycles. The fourth-order valence-corrected chi connectivity index (χ4v) is 2.62. The van der Waals surface area contributed by atoms with Gasteiger partial charge < -0.3 is 10.0 Å². The molecule has 1 N–H and O–H groups in total. The molecule has 1 aliphatic rings. The van der Waals surface area contributed by atoms with E-state index in [0.717, 1.165) is 12.1 Å². The second-order valence-electron chi connectivity index (χ2n) is 4.29. The summed E-state index contributed by atoms with van der Waals surface area (Å²) in [6, 6.07) is 7.49. The summed E-state index contributed by atoms with van der Waals surface area (Å²) in [5.74, 6) is -1.10. The third-order valence-electron chi connectivity index (χ3n) is 3.12. The van der Waals surface area contributed by atoms with Crippen molar-refractivity contribution < 1.29 is 9.90 Å². The van der Waals surface area contributed by atoms with E-state index in [0.29, 0.717) is 11.6 Å². The van der Waals surface area contributed by atoms with Crippen LogP contribution in [0.3, 0.4) is 0 Å². The standard InChI is InChI=1S/C12H14ClNO2/c1-14-6-9(10(7-14)12(15)16)8-4-2-3-5-11(8)13/h2-5,9-10H,6-7H2,1H3,(H,15,16)/t9-,10+/m0/s1. The van der Waals surface area contributed by atoms with E-state index < -0.39 is 5.97 Å². The highest BCUT2D eigenvalue weighted by molar-refractivity contribution is 6.31. The summed E-state index contributed by atoms with van der Waals surface area (Å²) < 4.78 is 0. The normalized spacial score (nSPS) is 25.9. The van der Waals surface area contributed by atoms with E-state index in [1.807, 2.05) is 36.2 Å². The minimum absolute atomic E-state index is 0.00352. The van der Waals surface area contributed by atoms with Gasteiger partial charge in [-0.25, -0.2) is 0 Å². The van der Waals surface area contributed by atoms with E-state index in [-0.39, 0.29) is 11.8 Å². The lowest BCUT2D eigenvalue weighted by molar-refractivity contribution is -0.141. The van der Waals surface area contributed by atoms with Crippen molar-refractivity contribution >= 4 is 17.6 Å². The third-order valence-corrected chi connectivity index (χ3v) is 3.47. The number of likely N-dealkylation sites (N-methyl/N-ethyl adjacent to an activating group) is 1. The summed E-state index contributed by atoms with van der Waals surface area (Å²) in [4.78, 5) is 13.2. The molecule has 1 fully saturated rings. The number of rotatable bonds is 2. The van der Waals surface area contributed by atoms with Crippen LogP contribution in [0, 0.1) is 5.92 Å². The van der Waals surface area contributed by atoms with Crippen LogP contribution >= 0.6 is 11.6 Å². The first kappa shape index (κ1) is 11.4. The highest BCUT2D eigenvalue weighted by atomic mass is 35.5. The molecule has 2 atom stereocenters. The van der Waals surface area contributed by atoms with Gasteiger partial charge in [-0.2, -0.15) is 0 Å². The predicted octanol–water partition coefficient (Wildman–Crippen LogP) is 2.07. The molecule has 1 aromatic rings. The largest absolute Gasteiger partial charge is 0.481 e. The van der Waals surface area contributed by atoms with Crippen LogP contribution in [0.4, 0.5) is 0 Å². The highest BCUT2D eigenvalue weighted by Crippen LogP contribution is 2.35. The average Bonchev–Trinajstić information content (AvgIpc) is 2.61. The lowest BCUT2D eigenvalue weighted by atomic mass is 9.89. The molecule has 0 saturated carbocycles. The monoisotopic (exact) mass is 239 g/mol. The quantitative estimate of drug-likeness (QED) is 0.859. The van der Waals surface area contributed by atoms with Gasteiger partial charge in [-0.15, -0.1) is 0 Å². The molecular formula is C12H14ClNO2. The van der Waals surface area contributed by atoms with Crippen LogP contribution in [0.5, 0.6) is 0 Å². The van der Waals surface area contributed by atoms with Crippen LogP contribution in [0.15, 0.2) is 24.3 Å². The second-order valence-corrected chi connectivity index (χ2v) is 4.70. The van der Waals surface area contributed by atoms with Crippen molar-refractivity contribution in [2.24, 2.45) is 5.92 Å². The predicted molar refractivity (Wildman–Crippen MR) is 62.8 cm³/mol. The van der Waals surface area contributed by atoms with Gasteiger partial charge in [-0.1, -0.05) is 29.8 Å². The number of halogens is 1. The maximum Gasteiger partial charge on any atom is 0.308 e. The Morgan fingerprint density at radius 2 is 2.12 bits per heavy atom. The molecule has 0 unspecified atom stereocenters. The number of carbonyl (C=O) groups is 1. The molecule has 0 aliphatic carbocycles. The minimum Gasteiger partial charge on any atom is -0.481 e. The lowest BCUT2D eigenvalue weighted by Crippen LogP contribution is -2.21. The van der Waals surface area contributed by atoms with Gasteiger partial charge in [0.2, 0.25) is 0 Å². The number of carboxylic acid groups (broad SMARTS) is 1. The van der Waals surface area contributed by atoms with E-state index in [1.165, 1.54) is 0 Å². The number of likely N-dealkylation sites (tertiary alicyclic amines) is 1. The van der Waals surface area contributed by atoms with Gasteiger partial charge in [0, 0.05) is 24.0 Å². The van der Waals surface area contributed by atoms with Crippen molar-refractivity contribution in [1.82, 2.24) is 4.90 Å². The molecule has 0 spiro atoms. The van der Waals surface area contributed by atoms with Gasteiger partial charge in [-0.3, -0.25) is 4.79 Å². The summed E-state index contributed by atoms with van der Waals surface area (Å²) >= 11 is 6.11. The molecule has 0 radical (unpaired) electrons. The van der Waals surface area contributed by atoms with Gasteiger partial charge in [0.05, 0.1) is 5.92 Å². The molecule has 3 nitrogen and oxygen atoms in total. The summed E-state index contributed by atoms with van der Waals surface area (Å²) in [5, 5.41) is 9.85. The van der Waals surface area contributed by atoms with Crippen LogP contribution in [0.1, 0.15) is 11.5 Å². The Labute approximate surface area is 99.6 Å². The first-order chi connectivity index (χ1) is 7.59. The van der Waals surface area contributed by atoms with E-state index in [9.17, 15) is 9.90 Å². The SMILES string of the molecule is CN1C[C@@H](C(=O)O)[C@H](c2ccccc2Cl)C1. The summed E-state index contributed by atoms with van der Waals surface area (Å²) in [7, 11) is 1.94. The van der Waals surface area contributed by atoms with E-state index in [4.69, 9.17) is 11.6 Å². The number of carboxylic acids is 1. The van der Waals surface area contributed by atoms with Crippen molar-refractivity contribution in [3.63, 3.8) is 0 Å². The Bertz CT molecular complexity index is 408. The number of benzene rings is 1. The maximum atomic E-state index is 11.2. The summed E-state index contributed by atoms with van der Waals surface area (Å²) in [5.41, 5.74) is 0.945. The van der Waals surface area contributed by atoms with Crippen molar-refractivity contribution in [2.75, 3.05) is 20.1 Å². The Hall–Kier alpha value is -1.06. The number of hydrogen-bond acceptors (Lipinski definition) is 2. The second kappa shape index (κ2) is 4.44. The van der Waals surface area contributed by atoms with Crippen LogP contribution in [0.2, 0.25) is 5.02 Å². The molecule has 0 bridgehead atoms. The highest BCUT2D eigenvalue weighted by Gasteiger charge is 2.37. The minimum atomic E-state index is -0.741. The van der Waals surface area contributed by atoms with Crippen LogP contribution in [0.25, 0.3) is 0 Å². The molecule has 1 aliphatic heterocycles. The zero-order valence-corrected chi connectivity index (χ0v) is 9.81. The molecule has 86 valence electrons. The number of nitrogens with zero attached hydrogens (tertiary/aromatic N) is 1. The van der Waals surface area contributed by atoms with Gasteiger partial charge >= 0.3 is 5.97 Å². The van der Waals surface area contributed by atoms with Crippen LogP contribution < -0.4 is 0 Å². The molecule has 0 amide bonds. The van der Waals surface area contributed by atoms with Gasteiger partial charge in [-0.05, 0) is 18.7 Å². The van der Waals surface area contributed by atoms with Crippen molar-refractivity contribution in [3.05, 3.63) is 34.9 Å². The summed E-state index contributed by atoms with van der Waals surface area (Å²) in [6.45, 7) is 1.34. The fourth-order valence-electron chi connectivity index (χ4n) is 2.34. The molecular weight excluding hydrogens is 226 g/mol. The molecule has 4 heteroatoms. The molecule has 2 rings (SSSR count). The van der Waals surface area contributed by atoms with Gasteiger partial charge in [0.15, 0.2) is 0 Å². The molecule has 16 heavy (non-hydrogen) atoms. The zero-order chi connectivity index (χ0) is 11.7. The Kier molecular flexibility index (Phi) is 3.17. The van der Waals surface area contributed by atoms with Crippen LogP contribution in [-0.4, -0.2) is 36.1 Å². The Morgan fingerprint density at radius 1 is 1.44 bits per heavy atom. The molecule has 1 heterocycles.